The minimum Gasteiger partial charge on any atom is -0.496 e. The molecule has 2 heterocycles. The quantitative estimate of drug-likeness (QED) is 0.543. The van der Waals surface area contributed by atoms with E-state index in [1.165, 1.54) is 17.1 Å². The SMILES string of the molecule is COc1ccccc1-c1noc(COC(=O)c2ccc(C3SCCS3)cc2)n1. The molecule has 0 spiro atoms. The van der Waals surface area contributed by atoms with E-state index in [-0.39, 0.29) is 12.5 Å². The lowest BCUT2D eigenvalue weighted by molar-refractivity contribution is 0.0430. The van der Waals surface area contributed by atoms with Crippen molar-refractivity contribution >= 4 is 29.5 Å². The fourth-order valence-corrected chi connectivity index (χ4v) is 5.65. The monoisotopic (exact) mass is 414 g/mol. The second-order valence-corrected chi connectivity index (χ2v) is 8.71. The number of benzene rings is 2. The largest absolute Gasteiger partial charge is 0.496 e. The number of ether oxygens (including phenoxy) is 2. The molecule has 28 heavy (non-hydrogen) atoms. The summed E-state index contributed by atoms with van der Waals surface area (Å²) in [5, 5.41) is 3.94. The number of thioether (sulfide) groups is 2. The van der Waals surface area contributed by atoms with Gasteiger partial charge in [0.2, 0.25) is 5.82 Å². The Morgan fingerprint density at radius 1 is 1.14 bits per heavy atom. The van der Waals surface area contributed by atoms with Crippen molar-refractivity contribution in [3.63, 3.8) is 0 Å². The van der Waals surface area contributed by atoms with Crippen LogP contribution in [0.15, 0.2) is 53.1 Å². The standard InChI is InChI=1S/C20H18N2O4S2/c1-24-16-5-3-2-4-15(16)18-21-17(26-22-18)12-25-19(23)13-6-8-14(9-7-13)20-27-10-11-28-20/h2-9,20H,10-12H2,1H3. The highest BCUT2D eigenvalue weighted by Gasteiger charge is 2.19. The number of hydrogen-bond donors (Lipinski definition) is 0. The van der Waals surface area contributed by atoms with Crippen molar-refractivity contribution in [2.75, 3.05) is 18.6 Å². The molecule has 2 aromatic carbocycles. The number of nitrogens with zero attached hydrogens (tertiary/aromatic N) is 2. The molecule has 0 saturated carbocycles. The molecule has 0 aliphatic carbocycles. The van der Waals surface area contributed by atoms with Gasteiger partial charge in [-0.05, 0) is 29.8 Å². The van der Waals surface area contributed by atoms with Gasteiger partial charge in [-0.25, -0.2) is 4.79 Å². The molecule has 0 unspecified atom stereocenters. The number of methoxy groups -OCH3 is 1. The first kappa shape index (κ1) is 18.9. The van der Waals surface area contributed by atoms with E-state index in [1.54, 1.807) is 19.2 Å². The highest BCUT2D eigenvalue weighted by molar-refractivity contribution is 8.19. The van der Waals surface area contributed by atoms with E-state index in [9.17, 15) is 4.79 Å². The zero-order chi connectivity index (χ0) is 19.3. The fourth-order valence-electron chi connectivity index (χ4n) is 2.79. The van der Waals surface area contributed by atoms with Crippen LogP contribution in [0.2, 0.25) is 0 Å². The summed E-state index contributed by atoms with van der Waals surface area (Å²) in [6.45, 7) is -0.0862. The summed E-state index contributed by atoms with van der Waals surface area (Å²) in [6, 6.07) is 14.9. The summed E-state index contributed by atoms with van der Waals surface area (Å²) in [7, 11) is 1.58. The Kier molecular flexibility index (Phi) is 5.87. The van der Waals surface area contributed by atoms with Gasteiger partial charge in [0, 0.05) is 11.5 Å². The van der Waals surface area contributed by atoms with Crippen molar-refractivity contribution < 1.29 is 18.8 Å². The number of carbonyl (C=O) groups is 1. The van der Waals surface area contributed by atoms with E-state index in [2.05, 4.69) is 10.1 Å². The normalized spacial score (nSPS) is 14.2. The van der Waals surface area contributed by atoms with Crippen LogP contribution in [0.4, 0.5) is 0 Å². The maximum Gasteiger partial charge on any atom is 0.338 e. The van der Waals surface area contributed by atoms with E-state index in [4.69, 9.17) is 14.0 Å². The van der Waals surface area contributed by atoms with Crippen molar-refractivity contribution in [1.82, 2.24) is 10.1 Å². The summed E-state index contributed by atoms with van der Waals surface area (Å²) in [6.07, 6.45) is 0. The number of esters is 1. The Bertz CT molecular complexity index is 953. The van der Waals surface area contributed by atoms with Crippen LogP contribution in [-0.4, -0.2) is 34.7 Å². The van der Waals surface area contributed by atoms with Crippen LogP contribution >= 0.6 is 23.5 Å². The summed E-state index contributed by atoms with van der Waals surface area (Å²) in [5.74, 6) is 3.17. The third-order valence-electron chi connectivity index (χ3n) is 4.18. The second-order valence-electron chi connectivity index (χ2n) is 5.98. The van der Waals surface area contributed by atoms with Gasteiger partial charge in [-0.2, -0.15) is 4.98 Å². The Balaban J connectivity index is 1.38. The third-order valence-corrected chi connectivity index (χ3v) is 7.29. The van der Waals surface area contributed by atoms with Crippen LogP contribution < -0.4 is 4.74 Å². The second kappa shape index (κ2) is 8.70. The predicted molar refractivity (Wildman–Crippen MR) is 110 cm³/mol. The van der Waals surface area contributed by atoms with Gasteiger partial charge in [-0.15, -0.1) is 23.5 Å². The van der Waals surface area contributed by atoms with E-state index in [0.29, 0.717) is 27.3 Å². The molecule has 0 bridgehead atoms. The van der Waals surface area contributed by atoms with Gasteiger partial charge in [-0.3, -0.25) is 0 Å². The smallest absolute Gasteiger partial charge is 0.338 e. The average molecular weight is 415 g/mol. The lowest BCUT2D eigenvalue weighted by Crippen LogP contribution is -2.05. The molecule has 1 saturated heterocycles. The molecule has 0 N–H and O–H groups in total. The zero-order valence-corrected chi connectivity index (χ0v) is 16.8. The molecule has 1 aliphatic heterocycles. The lowest BCUT2D eigenvalue weighted by atomic mass is 10.1. The van der Waals surface area contributed by atoms with Crippen LogP contribution in [0.5, 0.6) is 5.75 Å². The van der Waals surface area contributed by atoms with Gasteiger partial charge in [0.05, 0.1) is 22.8 Å². The Labute approximate surface area is 171 Å². The molecule has 3 aromatic rings. The summed E-state index contributed by atoms with van der Waals surface area (Å²) in [5.41, 5.74) is 2.44. The van der Waals surface area contributed by atoms with Gasteiger partial charge in [0.25, 0.3) is 5.89 Å². The summed E-state index contributed by atoms with van der Waals surface area (Å²) >= 11 is 3.86. The highest BCUT2D eigenvalue weighted by Crippen LogP contribution is 2.45. The molecule has 0 atom stereocenters. The first-order chi connectivity index (χ1) is 13.7. The maximum atomic E-state index is 12.3. The number of para-hydroxylation sites is 1. The fraction of sp³-hybridized carbons (Fsp3) is 0.250. The molecule has 144 valence electrons. The summed E-state index contributed by atoms with van der Waals surface area (Å²) in [4.78, 5) is 16.6. The van der Waals surface area contributed by atoms with Gasteiger partial charge >= 0.3 is 5.97 Å². The van der Waals surface area contributed by atoms with E-state index in [0.717, 1.165) is 0 Å². The topological polar surface area (TPSA) is 74.5 Å². The van der Waals surface area contributed by atoms with Crippen molar-refractivity contribution in [3.8, 4) is 17.1 Å². The van der Waals surface area contributed by atoms with E-state index in [1.807, 2.05) is 59.9 Å². The van der Waals surface area contributed by atoms with Crippen LogP contribution in [0, 0.1) is 0 Å². The molecule has 8 heteroatoms. The Morgan fingerprint density at radius 3 is 2.64 bits per heavy atom. The highest BCUT2D eigenvalue weighted by atomic mass is 32.2. The average Bonchev–Trinajstić information content (AvgIpc) is 3.44. The van der Waals surface area contributed by atoms with Gasteiger partial charge < -0.3 is 14.0 Å². The number of aromatic nitrogens is 2. The Hall–Kier alpha value is -2.45. The zero-order valence-electron chi connectivity index (χ0n) is 15.2. The van der Waals surface area contributed by atoms with Crippen LogP contribution in [0.25, 0.3) is 11.4 Å². The van der Waals surface area contributed by atoms with Gasteiger partial charge in [0.1, 0.15) is 5.75 Å². The molecular weight excluding hydrogens is 396 g/mol. The molecule has 6 nitrogen and oxygen atoms in total. The first-order valence-corrected chi connectivity index (χ1v) is 10.8. The summed E-state index contributed by atoms with van der Waals surface area (Å²) < 4.78 is 16.3. The minimum absolute atomic E-state index is 0.0862. The molecular formula is C20H18N2O4S2. The van der Waals surface area contributed by atoms with Crippen LogP contribution in [0.1, 0.15) is 26.4 Å². The first-order valence-electron chi connectivity index (χ1n) is 8.71. The Morgan fingerprint density at radius 2 is 1.89 bits per heavy atom. The lowest BCUT2D eigenvalue weighted by Gasteiger charge is -2.08. The van der Waals surface area contributed by atoms with Crippen molar-refractivity contribution in [1.29, 1.82) is 0 Å². The number of carbonyl (C=O) groups excluding carboxylic acids is 1. The molecule has 1 fully saturated rings. The van der Waals surface area contributed by atoms with E-state index >= 15 is 0 Å². The van der Waals surface area contributed by atoms with Crippen molar-refractivity contribution in [3.05, 3.63) is 65.5 Å². The van der Waals surface area contributed by atoms with Gasteiger partial charge in [-0.1, -0.05) is 29.4 Å². The molecule has 0 amide bonds. The third kappa shape index (κ3) is 4.18. The van der Waals surface area contributed by atoms with Crippen molar-refractivity contribution in [2.24, 2.45) is 0 Å². The number of rotatable bonds is 6. The molecule has 4 rings (SSSR count). The van der Waals surface area contributed by atoms with E-state index < -0.39 is 5.97 Å². The predicted octanol–water partition coefficient (Wildman–Crippen LogP) is 4.58. The maximum absolute atomic E-state index is 12.3. The van der Waals surface area contributed by atoms with Crippen LogP contribution in [-0.2, 0) is 11.3 Å². The van der Waals surface area contributed by atoms with Gasteiger partial charge in [0.15, 0.2) is 6.61 Å². The minimum atomic E-state index is -0.421. The molecule has 1 aromatic heterocycles. The number of hydrogen-bond acceptors (Lipinski definition) is 8. The molecule has 1 aliphatic rings. The molecule has 0 radical (unpaired) electrons. The van der Waals surface area contributed by atoms with Crippen LogP contribution in [0.3, 0.4) is 0 Å². The van der Waals surface area contributed by atoms with Crippen molar-refractivity contribution in [2.45, 2.75) is 11.2 Å².